The Hall–Kier alpha value is -2.36. The maximum Gasteiger partial charge on any atom is 0.407 e. The van der Waals surface area contributed by atoms with Gasteiger partial charge < -0.3 is 31.6 Å². The third-order valence-corrected chi connectivity index (χ3v) is 6.60. The second-order valence-corrected chi connectivity index (χ2v) is 10.2. The van der Waals surface area contributed by atoms with Gasteiger partial charge in [-0.3, -0.25) is 9.59 Å². The van der Waals surface area contributed by atoms with Gasteiger partial charge in [0.15, 0.2) is 5.78 Å². The van der Waals surface area contributed by atoms with Crippen LogP contribution in [0.15, 0.2) is 5.16 Å². The van der Waals surface area contributed by atoms with E-state index < -0.39 is 24.2 Å². The molecule has 2 rings (SSSR count). The summed E-state index contributed by atoms with van der Waals surface area (Å²) >= 11 is 0. The van der Waals surface area contributed by atoms with Crippen LogP contribution in [0.3, 0.4) is 0 Å². The number of amides is 2. The molecule has 0 bridgehead atoms. The number of rotatable bonds is 7. The Morgan fingerprint density at radius 2 is 1.81 bits per heavy atom. The number of ether oxygens (including phenoxy) is 1. The molecular formula is C22H39N5O5. The number of ketones is 1. The third-order valence-electron chi connectivity index (χ3n) is 6.60. The monoisotopic (exact) mass is 453 g/mol. The van der Waals surface area contributed by atoms with E-state index in [0.29, 0.717) is 51.5 Å². The van der Waals surface area contributed by atoms with Crippen molar-refractivity contribution < 1.29 is 24.3 Å². The molecule has 2 fully saturated rings. The Morgan fingerprint density at radius 1 is 1.19 bits per heavy atom. The number of nitrogens with one attached hydrogen (secondary N) is 1. The Bertz CT molecular complexity index is 712. The van der Waals surface area contributed by atoms with Crippen molar-refractivity contribution in [2.45, 2.75) is 83.8 Å². The molecule has 32 heavy (non-hydrogen) atoms. The van der Waals surface area contributed by atoms with Crippen LogP contribution >= 0.6 is 0 Å². The van der Waals surface area contributed by atoms with E-state index >= 15 is 0 Å². The minimum Gasteiger partial charge on any atom is -0.453 e. The van der Waals surface area contributed by atoms with Crippen molar-refractivity contribution in [3.8, 4) is 0 Å². The van der Waals surface area contributed by atoms with Gasteiger partial charge in [-0.05, 0) is 56.3 Å². The van der Waals surface area contributed by atoms with E-state index in [1.807, 2.05) is 20.8 Å². The fourth-order valence-corrected chi connectivity index (χ4v) is 4.85. The molecule has 6 N–H and O–H groups in total. The van der Waals surface area contributed by atoms with Crippen LogP contribution in [0.5, 0.6) is 0 Å². The van der Waals surface area contributed by atoms with Crippen LogP contribution in [0.4, 0.5) is 4.79 Å². The standard InChI is InChI=1S/C22H39N5O5/c1-22(2,3)12-15(25-21(30)32-4)20(29)27-11-5-6-16(27)18(28)17(23)13-7-9-14(10-8-13)19(24)26-31/h13-17,31H,5-12,23H2,1-4H3,(H2,24,26)(H,25,30)/t13?,14?,15-,16+,17?/m1/s1. The minimum absolute atomic E-state index is 0.00126. The van der Waals surface area contributed by atoms with Gasteiger partial charge in [0.1, 0.15) is 11.9 Å². The summed E-state index contributed by atoms with van der Waals surface area (Å²) in [5.41, 5.74) is 11.9. The van der Waals surface area contributed by atoms with Crippen LogP contribution in [0.25, 0.3) is 0 Å². The molecule has 1 saturated heterocycles. The average molecular weight is 454 g/mol. The Morgan fingerprint density at radius 3 is 2.34 bits per heavy atom. The number of hydrogen-bond acceptors (Lipinski definition) is 7. The van der Waals surface area contributed by atoms with Gasteiger partial charge in [0, 0.05) is 12.5 Å². The zero-order chi connectivity index (χ0) is 24.1. The molecule has 1 heterocycles. The first-order chi connectivity index (χ1) is 15.0. The van der Waals surface area contributed by atoms with Crippen molar-refractivity contribution in [1.29, 1.82) is 0 Å². The largest absolute Gasteiger partial charge is 0.453 e. The molecule has 1 saturated carbocycles. The summed E-state index contributed by atoms with van der Waals surface area (Å²) in [7, 11) is 1.25. The number of alkyl carbamates (subject to hydrolysis) is 1. The number of amidine groups is 1. The predicted molar refractivity (Wildman–Crippen MR) is 120 cm³/mol. The minimum atomic E-state index is -0.775. The Balaban J connectivity index is 2.08. The van der Waals surface area contributed by atoms with Crippen molar-refractivity contribution in [2.24, 2.45) is 33.9 Å². The van der Waals surface area contributed by atoms with Gasteiger partial charge in [0.25, 0.3) is 0 Å². The summed E-state index contributed by atoms with van der Waals surface area (Å²) in [6.45, 7) is 6.42. The van der Waals surface area contributed by atoms with E-state index in [-0.39, 0.29) is 34.8 Å². The number of carbonyl (C=O) groups is 3. The van der Waals surface area contributed by atoms with E-state index in [4.69, 9.17) is 21.4 Å². The van der Waals surface area contributed by atoms with E-state index in [9.17, 15) is 14.4 Å². The van der Waals surface area contributed by atoms with E-state index in [1.54, 1.807) is 4.90 Å². The van der Waals surface area contributed by atoms with Crippen molar-refractivity contribution in [3.63, 3.8) is 0 Å². The first kappa shape index (κ1) is 25.9. The van der Waals surface area contributed by atoms with Crippen LogP contribution in [0, 0.1) is 17.3 Å². The first-order valence-electron chi connectivity index (χ1n) is 11.4. The lowest BCUT2D eigenvalue weighted by molar-refractivity contribution is -0.140. The molecule has 10 heteroatoms. The second kappa shape index (κ2) is 11.0. The normalized spacial score (nSPS) is 26.3. The van der Waals surface area contributed by atoms with Gasteiger partial charge in [-0.1, -0.05) is 25.9 Å². The SMILES string of the molecule is COC(=O)N[C@H](CC(C)(C)C)C(=O)N1CCC[C@H]1C(=O)C(N)C1CCC(/C(N)=N\O)CC1. The Kier molecular flexibility index (Phi) is 8.89. The summed E-state index contributed by atoms with van der Waals surface area (Å²) in [5, 5.41) is 14.6. The number of nitrogens with zero attached hydrogens (tertiary/aromatic N) is 2. The molecule has 2 amide bonds. The summed E-state index contributed by atoms with van der Waals surface area (Å²) in [6, 6.07) is -2.03. The molecule has 182 valence electrons. The van der Waals surface area contributed by atoms with Gasteiger partial charge in [-0.2, -0.15) is 0 Å². The third kappa shape index (κ3) is 6.57. The quantitative estimate of drug-likeness (QED) is 0.197. The molecule has 1 aliphatic carbocycles. The molecular weight excluding hydrogens is 414 g/mol. The van der Waals surface area contributed by atoms with Gasteiger partial charge >= 0.3 is 6.09 Å². The first-order valence-corrected chi connectivity index (χ1v) is 11.4. The average Bonchev–Trinajstić information content (AvgIpc) is 3.25. The Labute approximate surface area is 190 Å². The molecule has 0 aromatic rings. The highest BCUT2D eigenvalue weighted by molar-refractivity contribution is 5.95. The van der Waals surface area contributed by atoms with Crippen LogP contribution in [0.2, 0.25) is 0 Å². The molecule has 1 unspecified atom stereocenters. The summed E-state index contributed by atoms with van der Waals surface area (Å²) in [6.07, 6.45) is 3.88. The molecule has 0 aromatic heterocycles. The molecule has 1 aliphatic heterocycles. The highest BCUT2D eigenvalue weighted by atomic mass is 16.5. The van der Waals surface area contributed by atoms with Gasteiger partial charge in [0.2, 0.25) is 5.91 Å². The molecule has 3 atom stereocenters. The lowest BCUT2D eigenvalue weighted by atomic mass is 9.76. The summed E-state index contributed by atoms with van der Waals surface area (Å²) < 4.78 is 4.69. The number of nitrogens with two attached hydrogens (primary N) is 2. The maximum absolute atomic E-state index is 13.4. The van der Waals surface area contributed by atoms with Crippen LogP contribution in [-0.4, -0.2) is 65.5 Å². The smallest absolute Gasteiger partial charge is 0.407 e. The predicted octanol–water partition coefficient (Wildman–Crippen LogP) is 1.59. The highest BCUT2D eigenvalue weighted by Gasteiger charge is 2.42. The molecule has 0 aromatic carbocycles. The lowest BCUT2D eigenvalue weighted by Crippen LogP contribution is -2.55. The van der Waals surface area contributed by atoms with Crippen LogP contribution in [-0.2, 0) is 14.3 Å². The van der Waals surface area contributed by atoms with Crippen molar-refractivity contribution in [3.05, 3.63) is 0 Å². The number of oxime groups is 1. The van der Waals surface area contributed by atoms with Gasteiger partial charge in [-0.25, -0.2) is 4.79 Å². The van der Waals surface area contributed by atoms with E-state index in [1.165, 1.54) is 7.11 Å². The number of hydrogen-bond donors (Lipinski definition) is 4. The summed E-state index contributed by atoms with van der Waals surface area (Å²) in [4.78, 5) is 40.1. The molecule has 0 radical (unpaired) electrons. The number of likely N-dealkylation sites (tertiary alicyclic amines) is 1. The molecule has 10 nitrogen and oxygen atoms in total. The van der Waals surface area contributed by atoms with E-state index in [2.05, 4.69) is 10.5 Å². The van der Waals surface area contributed by atoms with Crippen molar-refractivity contribution in [1.82, 2.24) is 10.2 Å². The number of methoxy groups -OCH3 is 1. The van der Waals surface area contributed by atoms with Crippen molar-refractivity contribution in [2.75, 3.05) is 13.7 Å². The second-order valence-electron chi connectivity index (χ2n) is 10.2. The fraction of sp³-hybridized carbons (Fsp3) is 0.818. The summed E-state index contributed by atoms with van der Waals surface area (Å²) in [5.74, 6) is -0.175. The zero-order valence-electron chi connectivity index (χ0n) is 19.7. The maximum atomic E-state index is 13.4. The lowest BCUT2D eigenvalue weighted by Gasteiger charge is -2.35. The topological polar surface area (TPSA) is 160 Å². The fourth-order valence-electron chi connectivity index (χ4n) is 4.85. The van der Waals surface area contributed by atoms with Gasteiger partial charge in [-0.15, -0.1) is 0 Å². The number of carbonyl (C=O) groups excluding carboxylic acids is 3. The number of Topliss-reactive ketones (excluding diaryl/α,β-unsaturated/α-hetero) is 1. The van der Waals surface area contributed by atoms with E-state index in [0.717, 1.165) is 0 Å². The van der Waals surface area contributed by atoms with Crippen LogP contribution in [0.1, 0.15) is 65.7 Å². The molecule has 0 spiro atoms. The van der Waals surface area contributed by atoms with Crippen molar-refractivity contribution >= 4 is 23.6 Å². The highest BCUT2D eigenvalue weighted by Crippen LogP contribution is 2.33. The molecule has 2 aliphatic rings. The van der Waals surface area contributed by atoms with Crippen LogP contribution < -0.4 is 16.8 Å². The zero-order valence-corrected chi connectivity index (χ0v) is 19.7. The van der Waals surface area contributed by atoms with Gasteiger partial charge in [0.05, 0.1) is 19.2 Å².